The van der Waals surface area contributed by atoms with Gasteiger partial charge >= 0.3 is 29.6 Å². The Morgan fingerprint density at radius 1 is 0.833 bits per heavy atom. The van der Waals surface area contributed by atoms with Crippen molar-refractivity contribution in [2.45, 2.75) is 76.0 Å². The van der Waals surface area contributed by atoms with Crippen molar-refractivity contribution >= 4 is 10.1 Å². The Bertz CT molecular complexity index is 868. The van der Waals surface area contributed by atoms with Crippen LogP contribution < -0.4 is 39.4 Å². The van der Waals surface area contributed by atoms with Crippen LogP contribution in [-0.4, -0.2) is 13.0 Å². The summed E-state index contributed by atoms with van der Waals surface area (Å²) in [6, 6.07) is 10.9. The van der Waals surface area contributed by atoms with Crippen LogP contribution in [0.3, 0.4) is 0 Å². The molecular weight excluding hydrogens is 411 g/mol. The molecule has 0 aromatic heterocycles. The number of ether oxygens (including phenoxy) is 1. The Balaban J connectivity index is 0.00000450. The van der Waals surface area contributed by atoms with E-state index in [9.17, 15) is 18.1 Å². The van der Waals surface area contributed by atoms with Crippen LogP contribution in [0.25, 0.3) is 0 Å². The molecule has 0 unspecified atom stereocenters. The molecule has 5 nitrogen and oxygen atoms in total. The van der Waals surface area contributed by atoms with Crippen molar-refractivity contribution in [2.75, 3.05) is 0 Å². The van der Waals surface area contributed by atoms with Crippen LogP contribution >= 0.6 is 0 Å². The molecule has 0 saturated carbocycles. The summed E-state index contributed by atoms with van der Waals surface area (Å²) in [5.74, 6) is -0.347. The van der Waals surface area contributed by atoms with Gasteiger partial charge in [0.05, 0.1) is 0 Å². The van der Waals surface area contributed by atoms with Crippen molar-refractivity contribution < 1.29 is 52.4 Å². The minimum absolute atomic E-state index is 0. The van der Waals surface area contributed by atoms with Crippen molar-refractivity contribution in [1.82, 2.24) is 0 Å². The standard InChI is InChI=1S/C23H32O5S.Na/c1-2-3-4-5-6-7-8-9-10-14-19-15-13-18-22(23(19)29(25,26)27)28-21-17-12-11-16-20(21)24;/h11-13,15-18,24H,2-10,14H2,1H3,(H,25,26,27);/q;+1/p-1. The van der Waals surface area contributed by atoms with E-state index in [1.165, 1.54) is 56.7 Å². The van der Waals surface area contributed by atoms with Gasteiger partial charge in [0, 0.05) is 0 Å². The van der Waals surface area contributed by atoms with E-state index in [1.54, 1.807) is 24.3 Å². The molecule has 7 heteroatoms. The van der Waals surface area contributed by atoms with Crippen LogP contribution in [0.2, 0.25) is 0 Å². The number of aryl methyl sites for hydroxylation is 1. The summed E-state index contributed by atoms with van der Waals surface area (Å²) in [5.41, 5.74) is 0.510. The van der Waals surface area contributed by atoms with E-state index < -0.39 is 10.1 Å². The second-order valence-electron chi connectivity index (χ2n) is 7.35. The first-order valence-electron chi connectivity index (χ1n) is 10.5. The molecule has 2 aromatic rings. The molecule has 2 rings (SSSR count). The Hall–Kier alpha value is -1.05. The van der Waals surface area contributed by atoms with Gasteiger partial charge in [-0.15, -0.1) is 0 Å². The molecule has 0 heterocycles. The Morgan fingerprint density at radius 2 is 1.40 bits per heavy atom. The third kappa shape index (κ3) is 8.98. The minimum Gasteiger partial charge on any atom is -0.870 e. The monoisotopic (exact) mass is 442 g/mol. The quantitative estimate of drug-likeness (QED) is 0.293. The number of rotatable bonds is 13. The van der Waals surface area contributed by atoms with E-state index in [4.69, 9.17) is 4.74 Å². The van der Waals surface area contributed by atoms with Gasteiger partial charge in [0.25, 0.3) is 10.1 Å². The number of hydrogen-bond acceptors (Lipinski definition) is 4. The summed E-state index contributed by atoms with van der Waals surface area (Å²) in [6.45, 7) is 2.21. The van der Waals surface area contributed by atoms with Crippen molar-refractivity contribution in [1.29, 1.82) is 0 Å². The molecule has 0 saturated heterocycles. The molecule has 160 valence electrons. The summed E-state index contributed by atoms with van der Waals surface area (Å²) >= 11 is 0. The second-order valence-corrected chi connectivity index (χ2v) is 8.71. The average Bonchev–Trinajstić information content (AvgIpc) is 2.67. The van der Waals surface area contributed by atoms with Crippen LogP contribution in [0, 0.1) is 0 Å². The first kappa shape index (κ1) is 27.0. The molecular formula is C23H31NaO5S. The van der Waals surface area contributed by atoms with Gasteiger partial charge < -0.3 is 9.84 Å². The van der Waals surface area contributed by atoms with Crippen LogP contribution in [0.15, 0.2) is 47.4 Å². The molecule has 0 spiro atoms. The van der Waals surface area contributed by atoms with E-state index in [2.05, 4.69) is 6.92 Å². The Labute approximate surface area is 202 Å². The normalized spacial score (nSPS) is 11.1. The summed E-state index contributed by atoms with van der Waals surface area (Å²) < 4.78 is 39.3. The SMILES string of the molecule is CCCCCCCCCCCc1cccc(Oc2ccccc2[O-])c1S(=O)(=O)O.[Na+]. The van der Waals surface area contributed by atoms with Gasteiger partial charge in [-0.2, -0.15) is 8.42 Å². The zero-order chi connectivity index (χ0) is 21.1. The molecule has 2 aromatic carbocycles. The third-order valence-corrected chi connectivity index (χ3v) is 5.92. The zero-order valence-electron chi connectivity index (χ0n) is 18.1. The molecule has 30 heavy (non-hydrogen) atoms. The summed E-state index contributed by atoms with van der Waals surface area (Å²) in [4.78, 5) is -0.247. The Kier molecular flexibility index (Phi) is 12.7. The maximum Gasteiger partial charge on any atom is 1.00 e. The van der Waals surface area contributed by atoms with Crippen LogP contribution in [0.1, 0.15) is 70.3 Å². The van der Waals surface area contributed by atoms with Crippen molar-refractivity contribution in [3.63, 3.8) is 0 Å². The number of hydrogen-bond donors (Lipinski definition) is 1. The van der Waals surface area contributed by atoms with Crippen LogP contribution in [0.5, 0.6) is 17.2 Å². The molecule has 0 aliphatic rings. The molecule has 0 amide bonds. The van der Waals surface area contributed by atoms with Gasteiger partial charge in [0.15, 0.2) is 0 Å². The molecule has 0 fully saturated rings. The minimum atomic E-state index is -4.48. The Morgan fingerprint density at radius 3 is 2.00 bits per heavy atom. The molecule has 0 aliphatic heterocycles. The van der Waals surface area contributed by atoms with Gasteiger partial charge in [0.2, 0.25) is 0 Å². The smallest absolute Gasteiger partial charge is 0.870 e. The molecule has 0 aliphatic carbocycles. The van der Waals surface area contributed by atoms with E-state index >= 15 is 0 Å². The van der Waals surface area contributed by atoms with Gasteiger partial charge in [-0.05, 0) is 30.5 Å². The first-order chi connectivity index (χ1) is 13.9. The van der Waals surface area contributed by atoms with E-state index in [0.717, 1.165) is 19.3 Å². The zero-order valence-corrected chi connectivity index (χ0v) is 20.9. The fourth-order valence-electron chi connectivity index (χ4n) is 3.41. The topological polar surface area (TPSA) is 86.7 Å². The fraction of sp³-hybridized carbons (Fsp3) is 0.478. The van der Waals surface area contributed by atoms with Crippen LogP contribution in [-0.2, 0) is 16.5 Å². The van der Waals surface area contributed by atoms with Crippen molar-refractivity contribution in [2.24, 2.45) is 0 Å². The van der Waals surface area contributed by atoms with Crippen LogP contribution in [0.4, 0.5) is 0 Å². The van der Waals surface area contributed by atoms with Gasteiger partial charge in [-0.1, -0.05) is 94.4 Å². The number of benzene rings is 2. The summed E-state index contributed by atoms with van der Waals surface area (Å²) in [6.07, 6.45) is 11.1. The predicted octanol–water partition coefficient (Wildman–Crippen LogP) is 2.88. The van der Waals surface area contributed by atoms with Gasteiger partial charge in [-0.25, -0.2) is 0 Å². The van der Waals surface area contributed by atoms with E-state index in [1.807, 2.05) is 0 Å². The van der Waals surface area contributed by atoms with E-state index in [0.29, 0.717) is 12.0 Å². The molecule has 1 N–H and O–H groups in total. The first-order valence-corrected chi connectivity index (χ1v) is 11.9. The van der Waals surface area contributed by atoms with Gasteiger partial charge in [0.1, 0.15) is 16.4 Å². The second kappa shape index (κ2) is 14.1. The molecule has 0 radical (unpaired) electrons. The number of unbranched alkanes of at least 4 members (excludes halogenated alkanes) is 8. The largest absolute Gasteiger partial charge is 1.00 e. The predicted molar refractivity (Wildman–Crippen MR) is 113 cm³/mol. The van der Waals surface area contributed by atoms with E-state index in [-0.39, 0.29) is 51.7 Å². The molecule has 0 atom stereocenters. The maximum absolute atomic E-state index is 12.0. The third-order valence-electron chi connectivity index (χ3n) is 4.94. The summed E-state index contributed by atoms with van der Waals surface area (Å²) in [5, 5.41) is 11.9. The van der Waals surface area contributed by atoms with Crippen molar-refractivity contribution in [3.05, 3.63) is 48.0 Å². The fourth-order valence-corrected chi connectivity index (χ4v) is 4.28. The average molecular weight is 443 g/mol. The van der Waals surface area contributed by atoms with Gasteiger partial charge in [-0.3, -0.25) is 4.55 Å². The van der Waals surface area contributed by atoms with Crippen molar-refractivity contribution in [3.8, 4) is 17.2 Å². The molecule has 0 bridgehead atoms. The number of para-hydroxylation sites is 2. The maximum atomic E-state index is 12.0. The summed E-state index contributed by atoms with van der Waals surface area (Å²) in [7, 11) is -4.48.